The number of amides is 2. The molecule has 66 heavy (non-hydrogen) atoms. The number of methoxy groups -OCH3 is 1. The van der Waals surface area contributed by atoms with E-state index in [1.807, 2.05) is 76.5 Å². The number of hydrogen-bond acceptors (Lipinski definition) is 14. The van der Waals surface area contributed by atoms with Crippen molar-refractivity contribution in [1.29, 1.82) is 0 Å². The molecule has 0 saturated carbocycles. The van der Waals surface area contributed by atoms with E-state index in [0.717, 1.165) is 69.8 Å². The minimum atomic E-state index is -0.344. The molecular formula is C50H58N4O12. The lowest BCUT2D eigenvalue weighted by molar-refractivity contribution is -0.497. The highest BCUT2D eigenvalue weighted by Crippen LogP contribution is 2.34. The van der Waals surface area contributed by atoms with Crippen molar-refractivity contribution in [1.82, 2.24) is 15.7 Å². The van der Waals surface area contributed by atoms with Crippen LogP contribution in [0.25, 0.3) is 0 Å². The standard InChI is InChI=1S/C50H58N4O12/c1-61-47-14-3-2-12-43(47)35-62-24-7-25-63-44-19-17-41(18-20-44)45-21-23-51(49(55)29-36-8-4-10-38(26-36)33-65-53(57)58)31-48(45)64-32-40-15-16-42-13-6-22-52(46(42)28-40)50(56)30-37-9-5-11-39(27-37)34-66-54(59)60/h2-5,8-12,14-20,26-28,45,48,57-60H,6-7,13,21-25,29-35H2,1H3. The van der Waals surface area contributed by atoms with Gasteiger partial charge in [-0.3, -0.25) is 30.4 Å². The molecule has 0 aromatic heterocycles. The molecule has 2 aliphatic rings. The second kappa shape index (κ2) is 24.1. The summed E-state index contributed by atoms with van der Waals surface area (Å²) in [7, 11) is 1.65. The third kappa shape index (κ3) is 13.9. The highest BCUT2D eigenvalue weighted by molar-refractivity contribution is 5.96. The number of hydrogen-bond donors (Lipinski definition) is 4. The molecule has 1 fully saturated rings. The molecule has 0 radical (unpaired) electrons. The van der Waals surface area contributed by atoms with Crippen LogP contribution < -0.4 is 14.4 Å². The Balaban J connectivity index is 1.01. The second-order valence-corrected chi connectivity index (χ2v) is 16.4. The maximum Gasteiger partial charge on any atom is 0.231 e. The zero-order chi connectivity index (χ0) is 46.3. The first-order valence-corrected chi connectivity index (χ1v) is 22.1. The summed E-state index contributed by atoms with van der Waals surface area (Å²) in [6, 6.07) is 36.5. The Hall–Kier alpha value is -5.76. The van der Waals surface area contributed by atoms with Crippen LogP contribution in [0.2, 0.25) is 0 Å². The van der Waals surface area contributed by atoms with Crippen LogP contribution in [-0.2, 0) is 74.4 Å². The molecule has 4 N–H and O–H groups in total. The number of para-hydroxylation sites is 1. The van der Waals surface area contributed by atoms with Gasteiger partial charge in [-0.15, -0.1) is 0 Å². The lowest BCUT2D eigenvalue weighted by atomic mass is 9.86. The molecule has 7 rings (SSSR count). The average Bonchev–Trinajstić information content (AvgIpc) is 3.33. The van der Waals surface area contributed by atoms with Gasteiger partial charge in [0.2, 0.25) is 11.8 Å². The summed E-state index contributed by atoms with van der Waals surface area (Å²) in [4.78, 5) is 40.9. The zero-order valence-electron chi connectivity index (χ0n) is 37.1. The molecule has 2 aliphatic heterocycles. The van der Waals surface area contributed by atoms with E-state index >= 15 is 0 Å². The van der Waals surface area contributed by atoms with Crippen LogP contribution in [0.5, 0.6) is 11.5 Å². The molecule has 0 bridgehead atoms. The Morgan fingerprint density at radius 1 is 0.682 bits per heavy atom. The number of ether oxygens (including phenoxy) is 4. The first kappa shape index (κ1) is 48.2. The molecule has 0 spiro atoms. The summed E-state index contributed by atoms with van der Waals surface area (Å²) in [5, 5.41) is 35.2. The van der Waals surface area contributed by atoms with Crippen LogP contribution in [0.3, 0.4) is 0 Å². The molecule has 16 heteroatoms. The summed E-state index contributed by atoms with van der Waals surface area (Å²) >= 11 is 0. The third-order valence-electron chi connectivity index (χ3n) is 11.8. The van der Waals surface area contributed by atoms with E-state index in [1.54, 1.807) is 37.4 Å². The van der Waals surface area contributed by atoms with Crippen LogP contribution in [0, 0.1) is 0 Å². The summed E-state index contributed by atoms with van der Waals surface area (Å²) in [5.74, 6) is 1.44. The molecule has 350 valence electrons. The Morgan fingerprint density at radius 3 is 2.05 bits per heavy atom. The van der Waals surface area contributed by atoms with Gasteiger partial charge in [0.15, 0.2) is 0 Å². The molecule has 1 saturated heterocycles. The quantitative estimate of drug-likeness (QED) is 0.0399. The van der Waals surface area contributed by atoms with Gasteiger partial charge < -0.3 is 28.7 Å². The van der Waals surface area contributed by atoms with Crippen LogP contribution >= 0.6 is 0 Å². The fraction of sp³-hybridized carbons (Fsp3) is 0.360. The van der Waals surface area contributed by atoms with Gasteiger partial charge in [0, 0.05) is 43.2 Å². The maximum atomic E-state index is 13.8. The van der Waals surface area contributed by atoms with Crippen molar-refractivity contribution in [2.75, 3.05) is 44.9 Å². The predicted octanol–water partition coefficient (Wildman–Crippen LogP) is 7.37. The van der Waals surface area contributed by atoms with Gasteiger partial charge in [0.1, 0.15) is 11.5 Å². The summed E-state index contributed by atoms with van der Waals surface area (Å²) in [6.45, 7) is 3.12. The number of benzene rings is 5. The lowest BCUT2D eigenvalue weighted by Crippen LogP contribution is -2.47. The SMILES string of the molecule is COc1ccccc1COCCCOc1ccc(C2CCN(C(=O)Cc3cccc(CON(O)O)c3)CC2OCc2ccc3c(c2)N(C(=O)Cc2cccc(CON(O)O)c2)CCC3)cc1. The van der Waals surface area contributed by atoms with Gasteiger partial charge in [-0.1, -0.05) is 91.0 Å². The molecule has 2 heterocycles. The number of aryl methyl sites for hydroxylation is 1. The normalized spacial score (nSPS) is 16.1. The van der Waals surface area contributed by atoms with Crippen molar-refractivity contribution in [3.05, 3.63) is 160 Å². The van der Waals surface area contributed by atoms with Crippen LogP contribution in [-0.4, -0.2) is 94.4 Å². The van der Waals surface area contributed by atoms with Crippen LogP contribution in [0.1, 0.15) is 69.7 Å². The number of piperidine rings is 1. The number of rotatable bonds is 22. The molecule has 16 nitrogen and oxygen atoms in total. The van der Waals surface area contributed by atoms with E-state index in [4.69, 9.17) is 49.5 Å². The molecule has 2 amide bonds. The van der Waals surface area contributed by atoms with E-state index < -0.39 is 0 Å². The molecule has 0 aliphatic carbocycles. The zero-order valence-corrected chi connectivity index (χ0v) is 37.1. The van der Waals surface area contributed by atoms with Crippen molar-refractivity contribution in [2.45, 2.75) is 77.0 Å². The van der Waals surface area contributed by atoms with Gasteiger partial charge in [0.05, 0.1) is 76.5 Å². The van der Waals surface area contributed by atoms with Crippen molar-refractivity contribution in [3.63, 3.8) is 0 Å². The Labute approximate surface area is 384 Å². The van der Waals surface area contributed by atoms with E-state index in [9.17, 15) is 9.59 Å². The number of carbonyl (C=O) groups is 2. The van der Waals surface area contributed by atoms with Crippen molar-refractivity contribution < 1.29 is 59.0 Å². The minimum Gasteiger partial charge on any atom is -0.496 e. The van der Waals surface area contributed by atoms with Gasteiger partial charge in [-0.25, -0.2) is 9.68 Å². The molecule has 5 aromatic carbocycles. The highest BCUT2D eigenvalue weighted by Gasteiger charge is 2.34. The topological polar surface area (TPSA) is 183 Å². The fourth-order valence-electron chi connectivity index (χ4n) is 8.51. The van der Waals surface area contributed by atoms with E-state index in [2.05, 4.69) is 18.2 Å². The van der Waals surface area contributed by atoms with Gasteiger partial charge in [0.25, 0.3) is 0 Å². The van der Waals surface area contributed by atoms with Gasteiger partial charge in [-0.05, 0) is 82.5 Å². The largest absolute Gasteiger partial charge is 0.496 e. The Bertz CT molecular complexity index is 2350. The Kier molecular flexibility index (Phi) is 17.6. The first-order chi connectivity index (χ1) is 32.1. The van der Waals surface area contributed by atoms with E-state index in [1.165, 1.54) is 0 Å². The van der Waals surface area contributed by atoms with Crippen molar-refractivity contribution >= 4 is 17.5 Å². The number of nitrogens with zero attached hydrogens (tertiary/aromatic N) is 4. The maximum absolute atomic E-state index is 13.8. The Morgan fingerprint density at radius 2 is 1.35 bits per heavy atom. The van der Waals surface area contributed by atoms with Gasteiger partial charge >= 0.3 is 0 Å². The summed E-state index contributed by atoms with van der Waals surface area (Å²) in [5.41, 5.74) is 7.86. The number of fused-ring (bicyclic) bond motifs is 1. The fourth-order valence-corrected chi connectivity index (χ4v) is 8.51. The lowest BCUT2D eigenvalue weighted by Gasteiger charge is -2.39. The average molecular weight is 907 g/mol. The monoisotopic (exact) mass is 906 g/mol. The minimum absolute atomic E-state index is 0.0124. The van der Waals surface area contributed by atoms with E-state index in [-0.39, 0.29) is 67.3 Å². The second-order valence-electron chi connectivity index (χ2n) is 16.4. The van der Waals surface area contributed by atoms with Gasteiger partial charge in [-0.2, -0.15) is 0 Å². The first-order valence-electron chi connectivity index (χ1n) is 22.1. The molecule has 2 atom stereocenters. The van der Waals surface area contributed by atoms with Crippen LogP contribution in [0.4, 0.5) is 5.69 Å². The summed E-state index contributed by atoms with van der Waals surface area (Å²) < 4.78 is 24.1. The van der Waals surface area contributed by atoms with Crippen molar-refractivity contribution in [3.8, 4) is 11.5 Å². The van der Waals surface area contributed by atoms with E-state index in [0.29, 0.717) is 57.0 Å². The third-order valence-corrected chi connectivity index (χ3v) is 11.8. The molecular weight excluding hydrogens is 849 g/mol. The number of carbonyl (C=O) groups excluding carboxylic acids is 2. The number of likely N-dealkylation sites (tertiary alicyclic amines) is 1. The summed E-state index contributed by atoms with van der Waals surface area (Å²) in [6.07, 6.45) is 3.05. The number of anilines is 1. The highest BCUT2D eigenvalue weighted by atomic mass is 17.1. The predicted molar refractivity (Wildman–Crippen MR) is 240 cm³/mol. The van der Waals surface area contributed by atoms with Crippen LogP contribution in [0.15, 0.2) is 115 Å². The molecule has 2 unspecified atom stereocenters. The van der Waals surface area contributed by atoms with Crippen molar-refractivity contribution in [2.24, 2.45) is 0 Å². The molecule has 5 aromatic rings. The smallest absolute Gasteiger partial charge is 0.231 e.